The fourth-order valence-corrected chi connectivity index (χ4v) is 2.29. The number of rotatable bonds is 2. The van der Waals surface area contributed by atoms with Gasteiger partial charge in [0.1, 0.15) is 5.69 Å². The van der Waals surface area contributed by atoms with E-state index in [4.69, 9.17) is 4.74 Å². The molecular weight excluding hydrogens is 252 g/mol. The highest BCUT2D eigenvalue weighted by Gasteiger charge is 2.33. The number of ether oxygens (including phenoxy) is 1. The van der Waals surface area contributed by atoms with Gasteiger partial charge in [-0.25, -0.2) is 0 Å². The highest BCUT2D eigenvalue weighted by molar-refractivity contribution is 5.96. The normalized spacial score (nSPS) is 23.4. The second-order valence-electron chi connectivity index (χ2n) is 4.77. The Morgan fingerprint density at radius 1 is 1.47 bits per heavy atom. The summed E-state index contributed by atoms with van der Waals surface area (Å²) in [4.78, 5) is 24.2. The summed E-state index contributed by atoms with van der Waals surface area (Å²) in [6.07, 6.45) is -0.182. The number of nitro groups is 1. The fourth-order valence-electron chi connectivity index (χ4n) is 2.29. The number of H-pyrrole nitrogens is 1. The van der Waals surface area contributed by atoms with E-state index in [0.717, 1.165) is 0 Å². The van der Waals surface area contributed by atoms with Gasteiger partial charge in [0.25, 0.3) is 5.91 Å². The second-order valence-corrected chi connectivity index (χ2v) is 4.77. The van der Waals surface area contributed by atoms with Crippen LogP contribution in [0.15, 0.2) is 0 Å². The maximum atomic E-state index is 12.3. The minimum Gasteiger partial charge on any atom is -0.372 e. The average Bonchev–Trinajstić information content (AvgIpc) is 2.68. The molecule has 2 heterocycles. The minimum atomic E-state index is -0.584. The third kappa shape index (κ3) is 2.58. The molecule has 0 aliphatic carbocycles. The first kappa shape index (κ1) is 13.5. The zero-order valence-electron chi connectivity index (χ0n) is 11.0. The molecule has 1 amide bonds. The van der Waals surface area contributed by atoms with Crippen LogP contribution in [0.25, 0.3) is 0 Å². The van der Waals surface area contributed by atoms with Crippen LogP contribution in [0.1, 0.15) is 30.0 Å². The van der Waals surface area contributed by atoms with Crippen LogP contribution in [-0.4, -0.2) is 51.2 Å². The van der Waals surface area contributed by atoms with Crippen LogP contribution in [0, 0.1) is 17.0 Å². The monoisotopic (exact) mass is 268 g/mol. The first-order chi connectivity index (χ1) is 8.90. The van der Waals surface area contributed by atoms with Gasteiger partial charge in [0.2, 0.25) is 5.69 Å². The predicted molar refractivity (Wildman–Crippen MR) is 65.9 cm³/mol. The van der Waals surface area contributed by atoms with Crippen molar-refractivity contribution in [3.05, 3.63) is 21.5 Å². The van der Waals surface area contributed by atoms with Crippen LogP contribution in [0.4, 0.5) is 5.69 Å². The summed E-state index contributed by atoms with van der Waals surface area (Å²) in [5.74, 6) is -0.432. The third-order valence-electron chi connectivity index (χ3n) is 3.01. The van der Waals surface area contributed by atoms with Crippen molar-refractivity contribution in [3.8, 4) is 0 Å². The topological polar surface area (TPSA) is 101 Å². The van der Waals surface area contributed by atoms with Crippen molar-refractivity contribution in [3.63, 3.8) is 0 Å². The summed E-state index contributed by atoms with van der Waals surface area (Å²) in [5.41, 5.74) is -0.108. The van der Waals surface area contributed by atoms with Crippen molar-refractivity contribution in [2.24, 2.45) is 0 Å². The smallest absolute Gasteiger partial charge is 0.322 e. The molecule has 1 saturated heterocycles. The quantitative estimate of drug-likeness (QED) is 0.633. The van der Waals surface area contributed by atoms with Crippen molar-refractivity contribution in [1.29, 1.82) is 0 Å². The second kappa shape index (κ2) is 4.96. The molecule has 0 spiro atoms. The van der Waals surface area contributed by atoms with E-state index < -0.39 is 10.8 Å². The van der Waals surface area contributed by atoms with E-state index in [1.54, 1.807) is 4.90 Å². The maximum absolute atomic E-state index is 12.3. The van der Waals surface area contributed by atoms with Crippen LogP contribution < -0.4 is 0 Å². The van der Waals surface area contributed by atoms with E-state index in [2.05, 4.69) is 10.2 Å². The van der Waals surface area contributed by atoms with Crippen molar-refractivity contribution >= 4 is 11.6 Å². The van der Waals surface area contributed by atoms with Gasteiger partial charge in [0.05, 0.1) is 17.1 Å². The van der Waals surface area contributed by atoms with Crippen LogP contribution in [0.5, 0.6) is 0 Å². The van der Waals surface area contributed by atoms with E-state index in [-0.39, 0.29) is 29.3 Å². The average molecular weight is 268 g/mol. The SMILES string of the molecule is Cc1[nH]nc(C(=O)N2C[C@@H](C)O[C@@H](C)C2)c1[N+](=O)[O-]. The van der Waals surface area contributed by atoms with E-state index in [1.807, 2.05) is 13.8 Å². The molecule has 8 heteroatoms. The highest BCUT2D eigenvalue weighted by Crippen LogP contribution is 2.23. The molecule has 2 atom stereocenters. The van der Waals surface area contributed by atoms with E-state index in [1.165, 1.54) is 6.92 Å². The van der Waals surface area contributed by atoms with E-state index in [9.17, 15) is 14.9 Å². The number of carbonyl (C=O) groups is 1. The summed E-state index contributed by atoms with van der Waals surface area (Å²) in [7, 11) is 0. The molecule has 0 unspecified atom stereocenters. The zero-order chi connectivity index (χ0) is 14.2. The third-order valence-corrected chi connectivity index (χ3v) is 3.01. The number of hydrogen-bond acceptors (Lipinski definition) is 5. The number of hydrogen-bond donors (Lipinski definition) is 1. The Morgan fingerprint density at radius 2 is 2.05 bits per heavy atom. The Kier molecular flexibility index (Phi) is 3.52. The summed E-state index contributed by atoms with van der Waals surface area (Å²) < 4.78 is 5.53. The molecule has 1 aliphatic heterocycles. The largest absolute Gasteiger partial charge is 0.372 e. The molecule has 0 aromatic carbocycles. The predicted octanol–water partition coefficient (Wildman–Crippen LogP) is 0.876. The molecule has 19 heavy (non-hydrogen) atoms. The summed E-state index contributed by atoms with van der Waals surface area (Å²) in [6.45, 7) is 6.06. The Balaban J connectivity index is 2.27. The molecule has 1 fully saturated rings. The molecular formula is C11H16N4O4. The highest BCUT2D eigenvalue weighted by atomic mass is 16.6. The molecule has 0 radical (unpaired) electrons. The maximum Gasteiger partial charge on any atom is 0.322 e. The van der Waals surface area contributed by atoms with Crippen LogP contribution in [0.2, 0.25) is 0 Å². The van der Waals surface area contributed by atoms with Crippen molar-refractivity contribution in [1.82, 2.24) is 15.1 Å². The number of nitrogens with one attached hydrogen (secondary N) is 1. The molecule has 0 bridgehead atoms. The first-order valence-corrected chi connectivity index (χ1v) is 6.04. The number of carbonyl (C=O) groups excluding carboxylic acids is 1. The summed E-state index contributed by atoms with van der Waals surface area (Å²) >= 11 is 0. The number of nitrogens with zero attached hydrogens (tertiary/aromatic N) is 3. The summed E-state index contributed by atoms with van der Waals surface area (Å²) in [6, 6.07) is 0. The summed E-state index contributed by atoms with van der Waals surface area (Å²) in [5, 5.41) is 17.2. The van der Waals surface area contributed by atoms with Crippen molar-refractivity contribution in [2.45, 2.75) is 33.0 Å². The van der Waals surface area contributed by atoms with Gasteiger partial charge in [-0.3, -0.25) is 20.0 Å². The number of aromatic nitrogens is 2. The van der Waals surface area contributed by atoms with Gasteiger partial charge in [-0.15, -0.1) is 0 Å². The molecule has 2 rings (SSSR count). The number of morpholine rings is 1. The van der Waals surface area contributed by atoms with Gasteiger partial charge in [0.15, 0.2) is 0 Å². The molecule has 1 aliphatic rings. The van der Waals surface area contributed by atoms with E-state index >= 15 is 0 Å². The lowest BCUT2D eigenvalue weighted by Crippen LogP contribution is -2.48. The van der Waals surface area contributed by atoms with Gasteiger partial charge >= 0.3 is 5.69 Å². The number of aromatic amines is 1. The van der Waals surface area contributed by atoms with E-state index in [0.29, 0.717) is 13.1 Å². The Hall–Kier alpha value is -1.96. The van der Waals surface area contributed by atoms with Crippen LogP contribution >= 0.6 is 0 Å². The fraction of sp³-hybridized carbons (Fsp3) is 0.636. The standard InChI is InChI=1S/C11H16N4O4/c1-6-4-14(5-7(2)19-6)11(16)9-10(15(17)18)8(3)12-13-9/h6-7H,4-5H2,1-3H3,(H,12,13)/t6-,7+. The molecule has 8 nitrogen and oxygen atoms in total. The minimum absolute atomic E-state index is 0.0909. The van der Waals surface area contributed by atoms with Crippen molar-refractivity contribution in [2.75, 3.05) is 13.1 Å². The lowest BCUT2D eigenvalue weighted by Gasteiger charge is -2.34. The Bertz CT molecular complexity index is 503. The van der Waals surface area contributed by atoms with Gasteiger partial charge < -0.3 is 9.64 Å². The Morgan fingerprint density at radius 3 is 2.58 bits per heavy atom. The van der Waals surface area contributed by atoms with Gasteiger partial charge in [-0.05, 0) is 20.8 Å². The lowest BCUT2D eigenvalue weighted by atomic mass is 10.2. The molecule has 0 saturated carbocycles. The molecule has 1 N–H and O–H groups in total. The Labute approximate surface area is 109 Å². The van der Waals surface area contributed by atoms with Crippen LogP contribution in [0.3, 0.4) is 0 Å². The number of amides is 1. The molecule has 1 aromatic heterocycles. The van der Waals surface area contributed by atoms with Gasteiger partial charge in [0, 0.05) is 13.1 Å². The van der Waals surface area contributed by atoms with Crippen molar-refractivity contribution < 1.29 is 14.5 Å². The molecule has 104 valence electrons. The first-order valence-electron chi connectivity index (χ1n) is 6.04. The van der Waals surface area contributed by atoms with Gasteiger partial charge in [-0.2, -0.15) is 5.10 Å². The number of aryl methyl sites for hydroxylation is 1. The lowest BCUT2D eigenvalue weighted by molar-refractivity contribution is -0.385. The molecule has 1 aromatic rings. The van der Waals surface area contributed by atoms with Gasteiger partial charge in [-0.1, -0.05) is 0 Å². The van der Waals surface area contributed by atoms with Crippen LogP contribution in [-0.2, 0) is 4.74 Å². The zero-order valence-corrected chi connectivity index (χ0v) is 11.0.